The van der Waals surface area contributed by atoms with E-state index in [0.717, 1.165) is 51.6 Å². The molecule has 0 fully saturated rings. The predicted octanol–water partition coefficient (Wildman–Crippen LogP) is 4.32. The standard InChI is InChI=1S/C23H27NO3S/c1-22(2)12-15-11-18(26-5)21-17(13-23(3,4)27-21)19(15)20(24-22)14-8-7-9-16(10-14)28(6)25/h7-11H,12-13H2,1-6H3. The predicted molar refractivity (Wildman–Crippen MR) is 114 cm³/mol. The summed E-state index contributed by atoms with van der Waals surface area (Å²) >= 11 is 0. The van der Waals surface area contributed by atoms with Crippen LogP contribution in [0.5, 0.6) is 11.5 Å². The Hall–Kier alpha value is -2.14. The van der Waals surface area contributed by atoms with E-state index < -0.39 is 10.8 Å². The van der Waals surface area contributed by atoms with E-state index in [1.807, 2.05) is 18.2 Å². The fourth-order valence-electron chi connectivity index (χ4n) is 4.25. The zero-order valence-corrected chi connectivity index (χ0v) is 18.2. The number of fused-ring (bicyclic) bond motifs is 3. The maximum absolute atomic E-state index is 12.0. The van der Waals surface area contributed by atoms with Gasteiger partial charge >= 0.3 is 0 Å². The lowest BCUT2D eigenvalue weighted by Gasteiger charge is -2.31. The second-order valence-electron chi connectivity index (χ2n) is 8.89. The van der Waals surface area contributed by atoms with Crippen LogP contribution in [0.4, 0.5) is 0 Å². The van der Waals surface area contributed by atoms with Crippen molar-refractivity contribution in [1.29, 1.82) is 0 Å². The van der Waals surface area contributed by atoms with Crippen LogP contribution in [0.2, 0.25) is 0 Å². The average Bonchev–Trinajstić information content (AvgIpc) is 2.94. The van der Waals surface area contributed by atoms with Crippen LogP contribution in [0.15, 0.2) is 40.2 Å². The van der Waals surface area contributed by atoms with Gasteiger partial charge in [0.25, 0.3) is 0 Å². The van der Waals surface area contributed by atoms with Crippen molar-refractivity contribution >= 4 is 16.5 Å². The summed E-state index contributed by atoms with van der Waals surface area (Å²) in [5.74, 6) is 1.62. The summed E-state index contributed by atoms with van der Waals surface area (Å²) in [6, 6.07) is 10.0. The highest BCUT2D eigenvalue weighted by molar-refractivity contribution is 7.84. The minimum absolute atomic E-state index is 0.224. The summed E-state index contributed by atoms with van der Waals surface area (Å²) in [4.78, 5) is 5.94. The molecule has 5 heteroatoms. The zero-order chi connectivity index (χ0) is 20.3. The molecule has 0 aliphatic carbocycles. The van der Waals surface area contributed by atoms with Crippen molar-refractivity contribution in [2.24, 2.45) is 4.99 Å². The average molecular weight is 398 g/mol. The SMILES string of the molecule is COc1cc2c(c3c1OC(C)(C)C3)C(c1cccc(S(C)=O)c1)=NC(C)(C)C2. The monoisotopic (exact) mass is 397 g/mol. The van der Waals surface area contributed by atoms with Gasteiger partial charge in [0.05, 0.1) is 18.4 Å². The third-order valence-electron chi connectivity index (χ3n) is 5.34. The number of hydrogen-bond acceptors (Lipinski definition) is 4. The smallest absolute Gasteiger partial charge is 0.166 e. The number of hydrogen-bond donors (Lipinski definition) is 0. The molecular formula is C23H27NO3S. The van der Waals surface area contributed by atoms with Crippen LogP contribution < -0.4 is 9.47 Å². The molecule has 1 atom stereocenters. The molecule has 0 amide bonds. The molecule has 148 valence electrons. The van der Waals surface area contributed by atoms with Gasteiger partial charge in [-0.1, -0.05) is 12.1 Å². The molecule has 0 bridgehead atoms. The second kappa shape index (κ2) is 6.45. The van der Waals surface area contributed by atoms with Gasteiger partial charge in [-0.3, -0.25) is 9.20 Å². The highest BCUT2D eigenvalue weighted by Gasteiger charge is 2.39. The highest BCUT2D eigenvalue weighted by Crippen LogP contribution is 2.47. The second-order valence-corrected chi connectivity index (χ2v) is 10.3. The number of benzene rings is 2. The van der Waals surface area contributed by atoms with Gasteiger partial charge in [-0.25, -0.2) is 0 Å². The summed E-state index contributed by atoms with van der Waals surface area (Å²) in [6.07, 6.45) is 3.36. The Bertz CT molecular complexity index is 1020. The van der Waals surface area contributed by atoms with Crippen molar-refractivity contribution in [1.82, 2.24) is 0 Å². The third-order valence-corrected chi connectivity index (χ3v) is 6.26. The van der Waals surface area contributed by atoms with Crippen LogP contribution in [-0.4, -0.2) is 34.4 Å². The molecule has 2 aliphatic heterocycles. The van der Waals surface area contributed by atoms with Crippen LogP contribution in [-0.2, 0) is 23.6 Å². The number of ether oxygens (including phenoxy) is 2. The molecule has 2 heterocycles. The Balaban J connectivity index is 1.98. The molecular weight excluding hydrogens is 370 g/mol. The van der Waals surface area contributed by atoms with Crippen LogP contribution >= 0.6 is 0 Å². The van der Waals surface area contributed by atoms with Gasteiger partial charge in [-0.2, -0.15) is 0 Å². The molecule has 0 radical (unpaired) electrons. The molecule has 0 spiro atoms. The minimum atomic E-state index is -1.04. The molecule has 28 heavy (non-hydrogen) atoms. The summed E-state index contributed by atoms with van der Waals surface area (Å²) in [5, 5.41) is 0. The summed E-state index contributed by atoms with van der Waals surface area (Å²) in [6.45, 7) is 8.50. The Morgan fingerprint density at radius 2 is 1.89 bits per heavy atom. The quantitative estimate of drug-likeness (QED) is 0.775. The van der Waals surface area contributed by atoms with Crippen LogP contribution in [0, 0.1) is 0 Å². The fraction of sp³-hybridized carbons (Fsp3) is 0.435. The lowest BCUT2D eigenvalue weighted by molar-refractivity contribution is 0.134. The van der Waals surface area contributed by atoms with Crippen LogP contribution in [0.3, 0.4) is 0 Å². The van der Waals surface area contributed by atoms with E-state index in [2.05, 4.69) is 39.8 Å². The molecule has 2 aromatic rings. The third kappa shape index (κ3) is 3.26. The minimum Gasteiger partial charge on any atom is -0.493 e. The first-order chi connectivity index (χ1) is 13.1. The van der Waals surface area contributed by atoms with Crippen LogP contribution in [0.25, 0.3) is 0 Å². The van der Waals surface area contributed by atoms with Gasteiger partial charge in [0.15, 0.2) is 11.5 Å². The molecule has 4 nitrogen and oxygen atoms in total. The van der Waals surface area contributed by atoms with Crippen molar-refractivity contribution in [3.63, 3.8) is 0 Å². The molecule has 0 saturated carbocycles. The highest BCUT2D eigenvalue weighted by atomic mass is 32.2. The van der Waals surface area contributed by atoms with E-state index in [1.54, 1.807) is 13.4 Å². The van der Waals surface area contributed by atoms with E-state index >= 15 is 0 Å². The van der Waals surface area contributed by atoms with Crippen LogP contribution in [0.1, 0.15) is 49.9 Å². The van der Waals surface area contributed by atoms with Crippen molar-refractivity contribution in [3.05, 3.63) is 52.6 Å². The molecule has 1 unspecified atom stereocenters. The Morgan fingerprint density at radius 1 is 1.14 bits per heavy atom. The Kier molecular flexibility index (Phi) is 4.42. The van der Waals surface area contributed by atoms with Gasteiger partial charge in [0.2, 0.25) is 0 Å². The van der Waals surface area contributed by atoms with E-state index in [0.29, 0.717) is 0 Å². The number of aliphatic imine (C=N–C) groups is 1. The lowest BCUT2D eigenvalue weighted by Crippen LogP contribution is -2.30. The number of rotatable bonds is 3. The first-order valence-corrected chi connectivity index (χ1v) is 11.1. The van der Waals surface area contributed by atoms with Gasteiger partial charge in [0, 0.05) is 45.1 Å². The van der Waals surface area contributed by atoms with Gasteiger partial charge in [-0.05, 0) is 57.9 Å². The molecule has 0 aromatic heterocycles. The largest absolute Gasteiger partial charge is 0.493 e. The van der Waals surface area contributed by atoms with E-state index in [4.69, 9.17) is 14.5 Å². The Labute approximate surface area is 169 Å². The number of methoxy groups -OCH3 is 1. The maximum Gasteiger partial charge on any atom is 0.166 e. The number of nitrogens with zero attached hydrogens (tertiary/aromatic N) is 1. The molecule has 4 rings (SSSR count). The Morgan fingerprint density at radius 3 is 2.57 bits per heavy atom. The van der Waals surface area contributed by atoms with Gasteiger partial charge in [0.1, 0.15) is 5.60 Å². The van der Waals surface area contributed by atoms with E-state index in [-0.39, 0.29) is 11.1 Å². The molecule has 2 aliphatic rings. The molecule has 0 N–H and O–H groups in total. The van der Waals surface area contributed by atoms with Crippen molar-refractivity contribution in [3.8, 4) is 11.5 Å². The van der Waals surface area contributed by atoms with E-state index in [9.17, 15) is 4.21 Å². The van der Waals surface area contributed by atoms with Gasteiger partial charge in [-0.15, -0.1) is 0 Å². The molecule has 2 aromatic carbocycles. The zero-order valence-electron chi connectivity index (χ0n) is 17.4. The van der Waals surface area contributed by atoms with Crippen molar-refractivity contribution in [2.45, 2.75) is 56.6 Å². The summed E-state index contributed by atoms with van der Waals surface area (Å²) in [7, 11) is 0.657. The summed E-state index contributed by atoms with van der Waals surface area (Å²) in [5.41, 5.74) is 5.00. The fourth-order valence-corrected chi connectivity index (χ4v) is 4.82. The van der Waals surface area contributed by atoms with Crippen molar-refractivity contribution in [2.75, 3.05) is 13.4 Å². The normalized spacial score (nSPS) is 19.9. The first-order valence-electron chi connectivity index (χ1n) is 9.56. The molecule has 0 saturated heterocycles. The lowest BCUT2D eigenvalue weighted by atomic mass is 9.81. The van der Waals surface area contributed by atoms with Crippen molar-refractivity contribution < 1.29 is 13.7 Å². The van der Waals surface area contributed by atoms with Gasteiger partial charge < -0.3 is 9.47 Å². The topological polar surface area (TPSA) is 47.9 Å². The van der Waals surface area contributed by atoms with E-state index in [1.165, 1.54) is 5.56 Å². The summed E-state index contributed by atoms with van der Waals surface area (Å²) < 4.78 is 24.0. The maximum atomic E-state index is 12.0. The first kappa shape index (κ1) is 19.2.